The molecule has 1 amide bonds. The van der Waals surface area contributed by atoms with Crippen molar-refractivity contribution in [1.29, 1.82) is 0 Å². The molecular formula is C18H18N2O. The maximum absolute atomic E-state index is 12.2. The molecule has 3 nitrogen and oxygen atoms in total. The largest absolute Gasteiger partial charge is 0.310 e. The van der Waals surface area contributed by atoms with Crippen LogP contribution in [0, 0.1) is 12.8 Å². The number of nitrogens with zero attached hydrogens (tertiary/aromatic N) is 2. The fourth-order valence-corrected chi connectivity index (χ4v) is 2.89. The number of carbonyl (C=O) groups excluding carboxylic acids is 1. The van der Waals surface area contributed by atoms with E-state index in [9.17, 15) is 4.79 Å². The van der Waals surface area contributed by atoms with Crippen molar-refractivity contribution in [3.8, 4) is 11.1 Å². The van der Waals surface area contributed by atoms with E-state index in [0.717, 1.165) is 29.1 Å². The first kappa shape index (κ1) is 12.6. The number of fused-ring (bicyclic) bond motifs is 1. The maximum Gasteiger partial charge on any atom is 0.233 e. The van der Waals surface area contributed by atoms with Crippen LogP contribution in [-0.2, 0) is 11.2 Å². The minimum atomic E-state index is 0.199. The van der Waals surface area contributed by atoms with Crippen LogP contribution in [0.15, 0.2) is 36.5 Å². The van der Waals surface area contributed by atoms with Gasteiger partial charge in [0.2, 0.25) is 5.91 Å². The van der Waals surface area contributed by atoms with Crippen LogP contribution >= 0.6 is 0 Å². The highest BCUT2D eigenvalue weighted by molar-refractivity contribution is 6.01. The Balaban J connectivity index is 1.71. The Labute approximate surface area is 124 Å². The lowest BCUT2D eigenvalue weighted by Gasteiger charge is -2.17. The summed E-state index contributed by atoms with van der Waals surface area (Å²) in [4.78, 5) is 18.6. The molecule has 1 aliphatic heterocycles. The number of anilines is 1. The summed E-state index contributed by atoms with van der Waals surface area (Å²) in [5.74, 6) is 0.897. The minimum absolute atomic E-state index is 0.199. The first-order valence-corrected chi connectivity index (χ1v) is 7.57. The fourth-order valence-electron chi connectivity index (χ4n) is 2.89. The van der Waals surface area contributed by atoms with E-state index in [1.54, 1.807) is 0 Å². The molecule has 21 heavy (non-hydrogen) atoms. The molecule has 0 bridgehead atoms. The Kier molecular flexibility index (Phi) is 2.81. The van der Waals surface area contributed by atoms with Crippen molar-refractivity contribution in [1.82, 2.24) is 4.98 Å². The topological polar surface area (TPSA) is 33.2 Å². The Morgan fingerprint density at radius 2 is 1.95 bits per heavy atom. The summed E-state index contributed by atoms with van der Waals surface area (Å²) in [6.45, 7) is 2.95. The van der Waals surface area contributed by atoms with Gasteiger partial charge in [-0.05, 0) is 37.3 Å². The number of aryl methyl sites for hydroxylation is 1. The van der Waals surface area contributed by atoms with Crippen molar-refractivity contribution in [3.05, 3.63) is 47.8 Å². The smallest absolute Gasteiger partial charge is 0.233 e. The van der Waals surface area contributed by atoms with Gasteiger partial charge in [-0.1, -0.05) is 29.8 Å². The minimum Gasteiger partial charge on any atom is -0.310 e. The molecule has 3 heteroatoms. The van der Waals surface area contributed by atoms with Crippen molar-refractivity contribution in [2.45, 2.75) is 26.2 Å². The first-order valence-electron chi connectivity index (χ1n) is 7.57. The van der Waals surface area contributed by atoms with Gasteiger partial charge < -0.3 is 4.90 Å². The lowest BCUT2D eigenvalue weighted by Crippen LogP contribution is -2.28. The molecule has 2 heterocycles. The van der Waals surface area contributed by atoms with E-state index in [4.69, 9.17) is 0 Å². The highest BCUT2D eigenvalue weighted by atomic mass is 16.2. The van der Waals surface area contributed by atoms with Gasteiger partial charge in [-0.25, -0.2) is 0 Å². The molecular weight excluding hydrogens is 260 g/mol. The zero-order chi connectivity index (χ0) is 14.4. The number of hydrogen-bond donors (Lipinski definition) is 0. The zero-order valence-electron chi connectivity index (χ0n) is 12.2. The van der Waals surface area contributed by atoms with Gasteiger partial charge in [0.15, 0.2) is 0 Å². The molecule has 2 aliphatic rings. The molecule has 0 radical (unpaired) electrons. The lowest BCUT2D eigenvalue weighted by atomic mass is 10.1. The van der Waals surface area contributed by atoms with Crippen LogP contribution in [-0.4, -0.2) is 17.4 Å². The lowest BCUT2D eigenvalue weighted by molar-refractivity contribution is -0.117. The molecule has 1 fully saturated rings. The number of pyridine rings is 1. The second kappa shape index (κ2) is 4.69. The van der Waals surface area contributed by atoms with Crippen molar-refractivity contribution in [2.75, 3.05) is 11.4 Å². The normalized spacial score (nSPS) is 17.2. The third-order valence-electron chi connectivity index (χ3n) is 4.38. The van der Waals surface area contributed by atoms with Gasteiger partial charge in [-0.2, -0.15) is 0 Å². The van der Waals surface area contributed by atoms with E-state index in [-0.39, 0.29) is 5.91 Å². The highest BCUT2D eigenvalue weighted by Crippen LogP contribution is 2.36. The number of rotatable bonds is 3. The average molecular weight is 278 g/mol. The van der Waals surface area contributed by atoms with E-state index in [2.05, 4.69) is 42.2 Å². The van der Waals surface area contributed by atoms with Crippen molar-refractivity contribution < 1.29 is 4.79 Å². The molecule has 1 aromatic carbocycles. The van der Waals surface area contributed by atoms with Crippen molar-refractivity contribution in [2.24, 2.45) is 5.92 Å². The molecule has 0 atom stereocenters. The van der Waals surface area contributed by atoms with Crippen LogP contribution in [0.5, 0.6) is 0 Å². The molecule has 1 saturated carbocycles. The van der Waals surface area contributed by atoms with E-state index < -0.39 is 0 Å². The molecule has 0 saturated heterocycles. The summed E-state index contributed by atoms with van der Waals surface area (Å²) >= 11 is 0. The summed E-state index contributed by atoms with van der Waals surface area (Å²) in [5, 5.41) is 0. The van der Waals surface area contributed by atoms with Crippen LogP contribution in [0.2, 0.25) is 0 Å². The highest BCUT2D eigenvalue weighted by Gasteiger charge is 2.33. The number of hydrogen-bond acceptors (Lipinski definition) is 2. The molecule has 1 aromatic heterocycles. The van der Waals surface area contributed by atoms with Crippen LogP contribution in [0.25, 0.3) is 11.1 Å². The first-order chi connectivity index (χ1) is 10.2. The summed E-state index contributed by atoms with van der Waals surface area (Å²) in [6, 6.07) is 10.6. The third-order valence-corrected chi connectivity index (χ3v) is 4.38. The Hall–Kier alpha value is -2.16. The van der Waals surface area contributed by atoms with E-state index in [0.29, 0.717) is 12.3 Å². The zero-order valence-corrected chi connectivity index (χ0v) is 12.2. The number of benzene rings is 1. The fraction of sp³-hybridized carbons (Fsp3) is 0.333. The maximum atomic E-state index is 12.2. The summed E-state index contributed by atoms with van der Waals surface area (Å²) in [6.07, 6.45) is 4.85. The van der Waals surface area contributed by atoms with Gasteiger partial charge in [0, 0.05) is 18.3 Å². The number of carbonyl (C=O) groups is 1. The Morgan fingerprint density at radius 1 is 1.19 bits per heavy atom. The van der Waals surface area contributed by atoms with Gasteiger partial charge in [0.05, 0.1) is 17.8 Å². The third kappa shape index (κ3) is 2.33. The molecule has 0 spiro atoms. The predicted molar refractivity (Wildman–Crippen MR) is 83.2 cm³/mol. The van der Waals surface area contributed by atoms with Crippen LogP contribution in [0.1, 0.15) is 24.1 Å². The second-order valence-electron chi connectivity index (χ2n) is 6.18. The molecule has 0 N–H and O–H groups in total. The average Bonchev–Trinajstić information content (AvgIpc) is 3.25. The Morgan fingerprint density at radius 3 is 2.67 bits per heavy atom. The SMILES string of the molecule is Cc1ccc(-c2cnc3c(c2)N(CC2CC2)C(=O)C3)cc1. The molecule has 2 aromatic rings. The summed E-state index contributed by atoms with van der Waals surface area (Å²) < 4.78 is 0. The van der Waals surface area contributed by atoms with Gasteiger partial charge in [-0.3, -0.25) is 9.78 Å². The number of aromatic nitrogens is 1. The van der Waals surface area contributed by atoms with Crippen molar-refractivity contribution in [3.63, 3.8) is 0 Å². The van der Waals surface area contributed by atoms with Gasteiger partial charge in [0.25, 0.3) is 0 Å². The van der Waals surface area contributed by atoms with Gasteiger partial charge >= 0.3 is 0 Å². The quantitative estimate of drug-likeness (QED) is 0.862. The van der Waals surface area contributed by atoms with Crippen molar-refractivity contribution >= 4 is 11.6 Å². The van der Waals surface area contributed by atoms with E-state index in [1.807, 2.05) is 11.1 Å². The van der Waals surface area contributed by atoms with Crippen LogP contribution in [0.4, 0.5) is 5.69 Å². The van der Waals surface area contributed by atoms with E-state index >= 15 is 0 Å². The Bertz CT molecular complexity index is 702. The standard InChI is InChI=1S/C18H18N2O/c1-12-2-6-14(7-3-12)15-8-17-16(19-10-15)9-18(21)20(17)11-13-4-5-13/h2-3,6-8,10,13H,4-5,9,11H2,1H3. The second-order valence-corrected chi connectivity index (χ2v) is 6.18. The predicted octanol–water partition coefficient (Wildman–Crippen LogP) is 3.36. The van der Waals surface area contributed by atoms with Crippen LogP contribution < -0.4 is 4.90 Å². The summed E-state index contributed by atoms with van der Waals surface area (Å²) in [5.41, 5.74) is 5.44. The molecule has 1 aliphatic carbocycles. The monoisotopic (exact) mass is 278 g/mol. The van der Waals surface area contributed by atoms with E-state index in [1.165, 1.54) is 18.4 Å². The molecule has 4 rings (SSSR count). The molecule has 0 unspecified atom stereocenters. The summed E-state index contributed by atoms with van der Waals surface area (Å²) in [7, 11) is 0. The number of amides is 1. The van der Waals surface area contributed by atoms with Gasteiger partial charge in [-0.15, -0.1) is 0 Å². The molecule has 106 valence electrons. The van der Waals surface area contributed by atoms with Gasteiger partial charge in [0.1, 0.15) is 0 Å². The van der Waals surface area contributed by atoms with Crippen LogP contribution in [0.3, 0.4) is 0 Å².